The molecule has 0 aliphatic carbocycles. The number of benzene rings is 2. The molecule has 0 radical (unpaired) electrons. The van der Waals surface area contributed by atoms with Crippen LogP contribution in [0.2, 0.25) is 0 Å². The van der Waals surface area contributed by atoms with Crippen LogP contribution in [0.3, 0.4) is 0 Å². The number of ether oxygens (including phenoxy) is 1. The van der Waals surface area contributed by atoms with E-state index >= 15 is 0 Å². The van der Waals surface area contributed by atoms with Crippen molar-refractivity contribution in [2.24, 2.45) is 16.0 Å². The van der Waals surface area contributed by atoms with E-state index in [4.69, 9.17) is 9.88 Å². The van der Waals surface area contributed by atoms with Crippen LogP contribution in [-0.4, -0.2) is 57.8 Å². The zero-order valence-corrected chi connectivity index (χ0v) is 23.3. The van der Waals surface area contributed by atoms with E-state index in [0.29, 0.717) is 23.3 Å². The van der Waals surface area contributed by atoms with Crippen molar-refractivity contribution in [2.75, 3.05) is 20.2 Å². The number of hydrogen-bond donors (Lipinski definition) is 1. The van der Waals surface area contributed by atoms with Gasteiger partial charge in [0.2, 0.25) is 20.0 Å². The van der Waals surface area contributed by atoms with Crippen molar-refractivity contribution in [3.63, 3.8) is 0 Å². The standard InChI is InChI=1S/C24H28N4O7S3/c1-16-4-3-12-27(15-16)38(33,34)18-7-5-17(6-8-18)23(30)26-24-28(13-11-22(29)35-2)20-10-9-19(37(25,31)32)14-21(20)36-24/h5-10,14,16H,3-4,11-13,15H2,1-2H3,(H2,25,31,32). The van der Waals surface area contributed by atoms with Gasteiger partial charge in [0, 0.05) is 25.2 Å². The summed E-state index contributed by atoms with van der Waals surface area (Å²) in [5, 5.41) is 5.25. The second-order valence-corrected chi connectivity index (χ2v) is 13.6. The van der Waals surface area contributed by atoms with Gasteiger partial charge in [-0.15, -0.1) is 0 Å². The highest BCUT2D eigenvalue weighted by Gasteiger charge is 2.28. The number of nitrogens with two attached hydrogens (primary N) is 1. The Bertz CT molecular complexity index is 1660. The number of piperidine rings is 1. The first kappa shape index (κ1) is 28.1. The van der Waals surface area contributed by atoms with Crippen molar-refractivity contribution in [3.8, 4) is 0 Å². The molecule has 0 saturated carbocycles. The number of sulfonamides is 2. The van der Waals surface area contributed by atoms with Crippen LogP contribution in [0.5, 0.6) is 0 Å². The molecule has 2 aromatic carbocycles. The van der Waals surface area contributed by atoms with Crippen molar-refractivity contribution in [2.45, 2.75) is 42.5 Å². The number of esters is 1. The molecular formula is C24H28N4O7S3. The Labute approximate surface area is 224 Å². The first-order chi connectivity index (χ1) is 17.9. The van der Waals surface area contributed by atoms with E-state index in [1.165, 1.54) is 53.9 Å². The van der Waals surface area contributed by atoms with E-state index in [0.717, 1.165) is 24.2 Å². The Hall–Kier alpha value is -2.91. The predicted molar refractivity (Wildman–Crippen MR) is 141 cm³/mol. The quantitative estimate of drug-likeness (QED) is 0.419. The number of aryl methyl sites for hydroxylation is 1. The molecule has 1 aliphatic rings. The van der Waals surface area contributed by atoms with Crippen molar-refractivity contribution in [1.82, 2.24) is 8.87 Å². The zero-order chi connectivity index (χ0) is 27.7. The van der Waals surface area contributed by atoms with Gasteiger partial charge in [-0.25, -0.2) is 22.0 Å². The molecule has 4 rings (SSSR count). The molecule has 1 aromatic heterocycles. The number of carbonyl (C=O) groups excluding carboxylic acids is 2. The van der Waals surface area contributed by atoms with Crippen LogP contribution in [0, 0.1) is 5.92 Å². The lowest BCUT2D eigenvalue weighted by Crippen LogP contribution is -2.39. The van der Waals surface area contributed by atoms with Gasteiger partial charge in [0.25, 0.3) is 5.91 Å². The summed E-state index contributed by atoms with van der Waals surface area (Å²) in [6.07, 6.45) is 1.80. The van der Waals surface area contributed by atoms with Crippen molar-refractivity contribution in [3.05, 3.63) is 52.8 Å². The van der Waals surface area contributed by atoms with Gasteiger partial charge >= 0.3 is 5.97 Å². The summed E-state index contributed by atoms with van der Waals surface area (Å²) in [6, 6.07) is 9.88. The van der Waals surface area contributed by atoms with Crippen LogP contribution >= 0.6 is 11.3 Å². The number of nitrogens with zero attached hydrogens (tertiary/aromatic N) is 3. The number of hydrogen-bond acceptors (Lipinski definition) is 8. The van der Waals surface area contributed by atoms with Gasteiger partial charge in [-0.2, -0.15) is 9.30 Å². The van der Waals surface area contributed by atoms with Crippen LogP contribution in [0.25, 0.3) is 10.2 Å². The molecule has 1 saturated heterocycles. The highest BCUT2D eigenvalue weighted by molar-refractivity contribution is 7.89. The number of fused-ring (bicyclic) bond motifs is 1. The van der Waals surface area contributed by atoms with Crippen LogP contribution in [0.4, 0.5) is 0 Å². The number of thiazole rings is 1. The van der Waals surface area contributed by atoms with E-state index in [-0.39, 0.29) is 39.0 Å². The molecule has 0 spiro atoms. The molecule has 2 heterocycles. The van der Waals surface area contributed by atoms with Gasteiger partial charge < -0.3 is 9.30 Å². The lowest BCUT2D eigenvalue weighted by Gasteiger charge is -2.30. The van der Waals surface area contributed by atoms with Gasteiger partial charge in [0.15, 0.2) is 4.80 Å². The maximum absolute atomic E-state index is 13.0. The first-order valence-electron chi connectivity index (χ1n) is 11.8. The number of amides is 1. The Morgan fingerprint density at radius 1 is 1.11 bits per heavy atom. The van der Waals surface area contributed by atoms with E-state index < -0.39 is 31.9 Å². The smallest absolute Gasteiger partial charge is 0.307 e. The average Bonchev–Trinajstić information content (AvgIpc) is 3.22. The van der Waals surface area contributed by atoms with E-state index in [1.54, 1.807) is 4.57 Å². The monoisotopic (exact) mass is 580 g/mol. The summed E-state index contributed by atoms with van der Waals surface area (Å²) in [4.78, 5) is 29.2. The fourth-order valence-electron chi connectivity index (χ4n) is 4.27. The van der Waals surface area contributed by atoms with Crippen LogP contribution in [-0.2, 0) is 36.1 Å². The molecule has 2 N–H and O–H groups in total. The van der Waals surface area contributed by atoms with Gasteiger partial charge in [0.1, 0.15) is 0 Å². The van der Waals surface area contributed by atoms with E-state index in [9.17, 15) is 26.4 Å². The summed E-state index contributed by atoms with van der Waals surface area (Å²) >= 11 is 1.06. The largest absolute Gasteiger partial charge is 0.469 e. The topological polar surface area (TPSA) is 158 Å². The third-order valence-electron chi connectivity index (χ3n) is 6.31. The number of methoxy groups -OCH3 is 1. The van der Waals surface area contributed by atoms with Crippen molar-refractivity contribution >= 4 is 53.5 Å². The third-order valence-corrected chi connectivity index (χ3v) is 10.1. The van der Waals surface area contributed by atoms with Crippen LogP contribution < -0.4 is 9.94 Å². The van der Waals surface area contributed by atoms with Gasteiger partial charge in [0.05, 0.1) is 33.5 Å². The summed E-state index contributed by atoms with van der Waals surface area (Å²) in [5.41, 5.74) is 0.744. The molecule has 38 heavy (non-hydrogen) atoms. The van der Waals surface area contributed by atoms with Crippen molar-refractivity contribution < 1.29 is 31.2 Å². The average molecular weight is 581 g/mol. The van der Waals surface area contributed by atoms with Gasteiger partial charge in [-0.3, -0.25) is 9.59 Å². The van der Waals surface area contributed by atoms with E-state index in [2.05, 4.69) is 4.99 Å². The summed E-state index contributed by atoms with van der Waals surface area (Å²) < 4.78 is 57.9. The molecule has 1 aliphatic heterocycles. The van der Waals surface area contributed by atoms with Gasteiger partial charge in [-0.1, -0.05) is 18.3 Å². The number of carbonyl (C=O) groups is 2. The SMILES string of the molecule is COC(=O)CCn1c(=NC(=O)c2ccc(S(=O)(=O)N3CCCC(C)C3)cc2)sc2cc(S(N)(=O)=O)ccc21. The highest BCUT2D eigenvalue weighted by atomic mass is 32.2. The Morgan fingerprint density at radius 3 is 2.42 bits per heavy atom. The molecule has 1 fully saturated rings. The number of rotatable bonds is 7. The molecule has 1 atom stereocenters. The predicted octanol–water partition coefficient (Wildman–Crippen LogP) is 2.07. The summed E-state index contributed by atoms with van der Waals surface area (Å²) in [7, 11) is -6.35. The molecule has 3 aromatic rings. The maximum atomic E-state index is 13.0. The molecule has 0 bridgehead atoms. The number of aromatic nitrogens is 1. The lowest BCUT2D eigenvalue weighted by atomic mass is 10.0. The summed E-state index contributed by atoms with van der Waals surface area (Å²) in [5.74, 6) is -0.799. The number of primary sulfonamides is 1. The highest BCUT2D eigenvalue weighted by Crippen LogP contribution is 2.24. The molecule has 204 valence electrons. The third kappa shape index (κ3) is 6.04. The normalized spacial score (nSPS) is 17.6. The minimum Gasteiger partial charge on any atom is -0.469 e. The Morgan fingerprint density at radius 2 is 1.79 bits per heavy atom. The lowest BCUT2D eigenvalue weighted by molar-refractivity contribution is -0.140. The minimum absolute atomic E-state index is 0.00230. The Balaban J connectivity index is 1.68. The second-order valence-electron chi connectivity index (χ2n) is 9.09. The fraction of sp³-hybridized carbons (Fsp3) is 0.375. The van der Waals surface area contributed by atoms with E-state index in [1.807, 2.05) is 6.92 Å². The van der Waals surface area contributed by atoms with Crippen molar-refractivity contribution in [1.29, 1.82) is 0 Å². The first-order valence-corrected chi connectivity index (χ1v) is 15.6. The maximum Gasteiger partial charge on any atom is 0.307 e. The molecule has 11 nitrogen and oxygen atoms in total. The minimum atomic E-state index is -3.95. The van der Waals surface area contributed by atoms with Gasteiger partial charge in [-0.05, 0) is 61.2 Å². The second kappa shape index (κ2) is 11.1. The molecular weight excluding hydrogens is 552 g/mol. The van der Waals surface area contributed by atoms with Crippen LogP contribution in [0.1, 0.15) is 36.5 Å². The van der Waals surface area contributed by atoms with Crippen LogP contribution in [0.15, 0.2) is 57.2 Å². The Kier molecular flexibility index (Phi) is 8.18. The summed E-state index contributed by atoms with van der Waals surface area (Å²) in [6.45, 7) is 3.08. The molecule has 1 amide bonds. The molecule has 1 unspecified atom stereocenters. The zero-order valence-electron chi connectivity index (χ0n) is 20.9. The fourth-order valence-corrected chi connectivity index (χ4v) is 7.58. The molecule has 14 heteroatoms.